The first-order valence-corrected chi connectivity index (χ1v) is 7.42. The summed E-state index contributed by atoms with van der Waals surface area (Å²) in [6.07, 6.45) is 1.53. The Hall–Kier alpha value is -2.54. The third-order valence-electron chi connectivity index (χ3n) is 2.86. The molecule has 0 aliphatic carbocycles. The molecule has 2 aromatic heterocycles. The minimum absolute atomic E-state index is 0.0401. The van der Waals surface area contributed by atoms with Crippen LogP contribution in [0.1, 0.15) is 10.4 Å². The van der Waals surface area contributed by atoms with Crippen LogP contribution in [0, 0.1) is 0 Å². The zero-order valence-corrected chi connectivity index (χ0v) is 12.5. The number of benzene rings is 1. The maximum atomic E-state index is 12.1. The highest BCUT2D eigenvalue weighted by molar-refractivity contribution is 7.99. The molecule has 0 aliphatic rings. The van der Waals surface area contributed by atoms with Crippen LogP contribution < -0.4 is 4.74 Å². The Labute approximate surface area is 130 Å². The normalized spacial score (nSPS) is 10.6. The zero-order valence-electron chi connectivity index (χ0n) is 11.7. The number of carbonyl (C=O) groups is 1. The van der Waals surface area contributed by atoms with Crippen molar-refractivity contribution in [2.75, 3.05) is 12.9 Å². The lowest BCUT2D eigenvalue weighted by Gasteiger charge is -2.02. The number of thioether (sulfide) groups is 1. The summed E-state index contributed by atoms with van der Waals surface area (Å²) < 4.78 is 15.7. The van der Waals surface area contributed by atoms with Crippen molar-refractivity contribution >= 4 is 17.5 Å². The van der Waals surface area contributed by atoms with Crippen molar-refractivity contribution in [3.05, 3.63) is 48.2 Å². The monoisotopic (exact) mass is 316 g/mol. The smallest absolute Gasteiger partial charge is 0.284 e. The first-order valence-electron chi connectivity index (χ1n) is 6.43. The minimum atomic E-state index is -0.0401. The molecule has 3 aromatic rings. The van der Waals surface area contributed by atoms with Gasteiger partial charge >= 0.3 is 0 Å². The van der Waals surface area contributed by atoms with Gasteiger partial charge in [0, 0.05) is 5.56 Å². The Morgan fingerprint density at radius 3 is 2.95 bits per heavy atom. The molecule has 6 nitrogen and oxygen atoms in total. The lowest BCUT2D eigenvalue weighted by Crippen LogP contribution is -2.02. The molecule has 2 heterocycles. The van der Waals surface area contributed by atoms with Gasteiger partial charge in [-0.2, -0.15) is 0 Å². The van der Waals surface area contributed by atoms with Crippen molar-refractivity contribution < 1.29 is 18.4 Å². The standard InChI is InChI=1S/C15H12N2O4S/c1-19-11-5-2-4-10(8-11)12(18)9-22-15-17-16-14(21-15)13-6-3-7-20-13/h2-8H,9H2,1H3. The number of ketones is 1. The van der Waals surface area contributed by atoms with E-state index in [-0.39, 0.29) is 11.5 Å². The third-order valence-corrected chi connectivity index (χ3v) is 3.68. The van der Waals surface area contributed by atoms with Crippen molar-refractivity contribution in [1.29, 1.82) is 0 Å². The maximum absolute atomic E-state index is 12.1. The maximum Gasteiger partial charge on any atom is 0.284 e. The van der Waals surface area contributed by atoms with Crippen LogP contribution in [0.15, 0.2) is 56.7 Å². The zero-order chi connectivity index (χ0) is 15.4. The minimum Gasteiger partial charge on any atom is -0.497 e. The molecule has 0 aliphatic heterocycles. The number of ether oxygens (including phenoxy) is 1. The first-order chi connectivity index (χ1) is 10.8. The molecule has 1 aromatic carbocycles. The molecule has 0 saturated carbocycles. The van der Waals surface area contributed by atoms with Crippen molar-refractivity contribution in [2.45, 2.75) is 5.22 Å². The van der Waals surface area contributed by atoms with E-state index in [0.29, 0.717) is 28.2 Å². The highest BCUT2D eigenvalue weighted by atomic mass is 32.2. The van der Waals surface area contributed by atoms with E-state index in [2.05, 4.69) is 10.2 Å². The van der Waals surface area contributed by atoms with E-state index in [9.17, 15) is 4.79 Å². The Bertz CT molecular complexity index is 767. The summed E-state index contributed by atoms with van der Waals surface area (Å²) in [7, 11) is 1.56. The second kappa shape index (κ2) is 6.48. The van der Waals surface area contributed by atoms with Crippen LogP contribution in [0.2, 0.25) is 0 Å². The molecular formula is C15H12N2O4S. The van der Waals surface area contributed by atoms with Gasteiger partial charge in [-0.3, -0.25) is 4.79 Å². The second-order valence-electron chi connectivity index (χ2n) is 4.29. The van der Waals surface area contributed by atoms with Gasteiger partial charge in [-0.25, -0.2) is 0 Å². The largest absolute Gasteiger partial charge is 0.497 e. The van der Waals surface area contributed by atoms with Crippen LogP contribution in [0.25, 0.3) is 11.7 Å². The van der Waals surface area contributed by atoms with Crippen molar-refractivity contribution in [1.82, 2.24) is 10.2 Å². The van der Waals surface area contributed by atoms with Crippen LogP contribution in [0.3, 0.4) is 0 Å². The summed E-state index contributed by atoms with van der Waals surface area (Å²) in [6.45, 7) is 0. The van der Waals surface area contributed by atoms with E-state index < -0.39 is 0 Å². The summed E-state index contributed by atoms with van der Waals surface area (Å²) in [4.78, 5) is 12.1. The van der Waals surface area contributed by atoms with Crippen LogP contribution in [0.5, 0.6) is 5.75 Å². The van der Waals surface area contributed by atoms with E-state index in [1.165, 1.54) is 18.0 Å². The van der Waals surface area contributed by atoms with Gasteiger partial charge in [0.05, 0.1) is 19.1 Å². The number of carbonyl (C=O) groups excluding carboxylic acids is 1. The van der Waals surface area contributed by atoms with Gasteiger partial charge in [-0.1, -0.05) is 23.9 Å². The van der Waals surface area contributed by atoms with Crippen LogP contribution in [-0.4, -0.2) is 28.8 Å². The third kappa shape index (κ3) is 3.20. The van der Waals surface area contributed by atoms with Crippen molar-refractivity contribution in [2.24, 2.45) is 0 Å². The van der Waals surface area contributed by atoms with Gasteiger partial charge in [0.2, 0.25) is 0 Å². The second-order valence-corrected chi connectivity index (χ2v) is 5.22. The molecule has 0 N–H and O–H groups in total. The van der Waals surface area contributed by atoms with Crippen LogP contribution in [-0.2, 0) is 0 Å². The Kier molecular flexibility index (Phi) is 4.24. The number of Topliss-reactive ketones (excluding diaryl/α,β-unsaturated/α-hetero) is 1. The molecule has 0 fully saturated rings. The Morgan fingerprint density at radius 2 is 2.18 bits per heavy atom. The fourth-order valence-electron chi connectivity index (χ4n) is 1.78. The predicted octanol–water partition coefficient (Wildman–Crippen LogP) is 3.31. The van der Waals surface area contributed by atoms with Crippen LogP contribution in [0.4, 0.5) is 0 Å². The number of hydrogen-bond acceptors (Lipinski definition) is 7. The van der Waals surface area contributed by atoms with E-state index in [1.807, 2.05) is 0 Å². The number of aromatic nitrogens is 2. The number of nitrogens with zero attached hydrogens (tertiary/aromatic N) is 2. The predicted molar refractivity (Wildman–Crippen MR) is 80.0 cm³/mol. The average molecular weight is 316 g/mol. The summed E-state index contributed by atoms with van der Waals surface area (Å²) >= 11 is 1.18. The fraction of sp³-hybridized carbons (Fsp3) is 0.133. The molecule has 7 heteroatoms. The van der Waals surface area contributed by atoms with Crippen molar-refractivity contribution in [3.8, 4) is 17.4 Å². The number of furan rings is 1. The van der Waals surface area contributed by atoms with Gasteiger partial charge in [0.25, 0.3) is 11.1 Å². The van der Waals surface area contributed by atoms with E-state index in [4.69, 9.17) is 13.6 Å². The molecule has 3 rings (SSSR count). The first kappa shape index (κ1) is 14.4. The van der Waals surface area contributed by atoms with Gasteiger partial charge in [0.15, 0.2) is 11.5 Å². The fourth-order valence-corrected chi connectivity index (χ4v) is 2.43. The van der Waals surface area contributed by atoms with Gasteiger partial charge in [0.1, 0.15) is 5.75 Å². The molecular weight excluding hydrogens is 304 g/mol. The summed E-state index contributed by atoms with van der Waals surface area (Å²) in [6, 6.07) is 10.5. The topological polar surface area (TPSA) is 78.4 Å². The SMILES string of the molecule is COc1cccc(C(=O)CSc2nnc(-c3ccco3)o2)c1. The number of hydrogen-bond donors (Lipinski definition) is 0. The van der Waals surface area contributed by atoms with Gasteiger partial charge in [-0.15, -0.1) is 10.2 Å². The molecule has 0 atom stereocenters. The molecule has 0 radical (unpaired) electrons. The average Bonchev–Trinajstić information content (AvgIpc) is 3.23. The Morgan fingerprint density at radius 1 is 1.27 bits per heavy atom. The lowest BCUT2D eigenvalue weighted by molar-refractivity contribution is 0.102. The van der Waals surface area contributed by atoms with E-state index >= 15 is 0 Å². The highest BCUT2D eigenvalue weighted by Crippen LogP contribution is 2.24. The molecule has 0 spiro atoms. The summed E-state index contributed by atoms with van der Waals surface area (Å²) in [5.74, 6) is 1.60. The molecule has 22 heavy (non-hydrogen) atoms. The molecule has 0 unspecified atom stereocenters. The summed E-state index contributed by atoms with van der Waals surface area (Å²) in [5, 5.41) is 8.08. The van der Waals surface area contributed by atoms with Gasteiger partial charge in [-0.05, 0) is 24.3 Å². The van der Waals surface area contributed by atoms with E-state index in [0.717, 1.165) is 0 Å². The molecule has 112 valence electrons. The molecule has 0 bridgehead atoms. The number of methoxy groups -OCH3 is 1. The molecule has 0 saturated heterocycles. The highest BCUT2D eigenvalue weighted by Gasteiger charge is 2.14. The molecule has 0 amide bonds. The van der Waals surface area contributed by atoms with Gasteiger partial charge < -0.3 is 13.6 Å². The van der Waals surface area contributed by atoms with Crippen LogP contribution >= 0.6 is 11.8 Å². The quantitative estimate of drug-likeness (QED) is 0.510. The lowest BCUT2D eigenvalue weighted by atomic mass is 10.1. The number of rotatable bonds is 6. The Balaban J connectivity index is 1.63. The summed E-state index contributed by atoms with van der Waals surface area (Å²) in [5.41, 5.74) is 0.581. The van der Waals surface area contributed by atoms with E-state index in [1.54, 1.807) is 43.5 Å². The van der Waals surface area contributed by atoms with Crippen molar-refractivity contribution in [3.63, 3.8) is 0 Å².